The predicted octanol–water partition coefficient (Wildman–Crippen LogP) is 2.24. The van der Waals surface area contributed by atoms with Gasteiger partial charge >= 0.3 is 0 Å². The third-order valence-corrected chi connectivity index (χ3v) is 1.26. The summed E-state index contributed by atoms with van der Waals surface area (Å²) in [5.74, 6) is 0.580. The summed E-state index contributed by atoms with van der Waals surface area (Å²) in [7, 11) is 0. The molecule has 1 nitrogen and oxygen atoms in total. The van der Waals surface area contributed by atoms with Gasteiger partial charge in [-0.05, 0) is 18.9 Å². The van der Waals surface area contributed by atoms with Crippen molar-refractivity contribution in [1.82, 2.24) is 0 Å². The number of allylic oxidation sites excluding steroid dienone is 2. The highest BCUT2D eigenvalue weighted by Crippen LogP contribution is 2.05. The molecule has 0 radical (unpaired) electrons. The van der Waals surface area contributed by atoms with Crippen molar-refractivity contribution in [3.63, 3.8) is 0 Å². The zero-order valence-corrected chi connectivity index (χ0v) is 5.73. The van der Waals surface area contributed by atoms with Gasteiger partial charge < -0.3 is 5.41 Å². The van der Waals surface area contributed by atoms with E-state index in [4.69, 9.17) is 5.41 Å². The van der Waals surface area contributed by atoms with Crippen molar-refractivity contribution in [2.24, 2.45) is 5.92 Å². The summed E-state index contributed by atoms with van der Waals surface area (Å²) in [4.78, 5) is 0. The molecule has 0 saturated heterocycles. The minimum Gasteiger partial charge on any atom is -0.309 e. The zero-order chi connectivity index (χ0) is 6.57. The van der Waals surface area contributed by atoms with Gasteiger partial charge in [0.2, 0.25) is 0 Å². The van der Waals surface area contributed by atoms with Gasteiger partial charge in [0.1, 0.15) is 0 Å². The molecule has 0 aliphatic heterocycles. The van der Waals surface area contributed by atoms with Crippen LogP contribution in [0.15, 0.2) is 11.6 Å². The highest BCUT2D eigenvalue weighted by Gasteiger charge is 1.91. The van der Waals surface area contributed by atoms with Crippen LogP contribution in [0.4, 0.5) is 0 Å². The maximum atomic E-state index is 6.72. The van der Waals surface area contributed by atoms with Crippen molar-refractivity contribution in [2.45, 2.75) is 20.8 Å². The molecule has 0 aromatic heterocycles. The fraction of sp³-hybridized carbons (Fsp3) is 0.571. The van der Waals surface area contributed by atoms with Gasteiger partial charge in [-0.1, -0.05) is 19.4 Å². The highest BCUT2D eigenvalue weighted by atomic mass is 14.3. The number of hydrogen-bond acceptors (Lipinski definition) is 1. The van der Waals surface area contributed by atoms with Crippen molar-refractivity contribution in [3.05, 3.63) is 11.6 Å². The van der Waals surface area contributed by atoms with E-state index in [1.54, 1.807) is 0 Å². The van der Waals surface area contributed by atoms with E-state index in [-0.39, 0.29) is 0 Å². The number of hydrogen-bond donors (Lipinski definition) is 1. The second-order valence-electron chi connectivity index (χ2n) is 2.23. The molecule has 0 amide bonds. The van der Waals surface area contributed by atoms with E-state index >= 15 is 0 Å². The quantitative estimate of drug-likeness (QED) is 0.528. The van der Waals surface area contributed by atoms with Gasteiger partial charge in [-0.2, -0.15) is 0 Å². The van der Waals surface area contributed by atoms with Crippen LogP contribution in [0.25, 0.3) is 0 Å². The molecule has 0 saturated carbocycles. The minimum atomic E-state index is 0.580. The molecule has 0 fully saturated rings. The lowest BCUT2D eigenvalue weighted by atomic mass is 10.1. The molecule has 1 N–H and O–H groups in total. The second-order valence-corrected chi connectivity index (χ2v) is 2.23. The van der Waals surface area contributed by atoms with Crippen LogP contribution in [-0.4, -0.2) is 6.21 Å². The first-order valence-electron chi connectivity index (χ1n) is 2.85. The first-order valence-corrected chi connectivity index (χ1v) is 2.85. The van der Waals surface area contributed by atoms with Crippen LogP contribution in [0.3, 0.4) is 0 Å². The maximum absolute atomic E-state index is 6.72. The minimum absolute atomic E-state index is 0.580. The summed E-state index contributed by atoms with van der Waals surface area (Å²) in [5, 5.41) is 6.72. The highest BCUT2D eigenvalue weighted by molar-refractivity contribution is 5.68. The Morgan fingerprint density at radius 3 is 2.12 bits per heavy atom. The predicted molar refractivity (Wildman–Crippen MR) is 37.4 cm³/mol. The third-order valence-electron chi connectivity index (χ3n) is 1.26. The lowest BCUT2D eigenvalue weighted by molar-refractivity contribution is 0.771. The molecule has 0 aromatic rings. The summed E-state index contributed by atoms with van der Waals surface area (Å²) in [6.45, 7) is 6.28. The standard InChI is InChI=1S/C7H13N/c1-6(2)7(3)4-5-8/h4-6,8H,1-3H3. The molecular weight excluding hydrogens is 98.1 g/mol. The van der Waals surface area contributed by atoms with Crippen molar-refractivity contribution < 1.29 is 0 Å². The van der Waals surface area contributed by atoms with Gasteiger partial charge in [0.25, 0.3) is 0 Å². The van der Waals surface area contributed by atoms with Crippen molar-refractivity contribution in [3.8, 4) is 0 Å². The van der Waals surface area contributed by atoms with E-state index in [0.29, 0.717) is 5.92 Å². The zero-order valence-electron chi connectivity index (χ0n) is 5.73. The molecular formula is C7H13N. The van der Waals surface area contributed by atoms with E-state index in [1.165, 1.54) is 11.8 Å². The molecule has 0 aromatic carbocycles. The Morgan fingerprint density at radius 2 is 2.00 bits per heavy atom. The van der Waals surface area contributed by atoms with Crippen LogP contribution in [0.5, 0.6) is 0 Å². The van der Waals surface area contributed by atoms with E-state index in [0.717, 1.165) is 0 Å². The van der Waals surface area contributed by atoms with Gasteiger partial charge in [-0.3, -0.25) is 0 Å². The first kappa shape index (κ1) is 7.41. The average molecular weight is 111 g/mol. The number of nitrogens with one attached hydrogen (secondary N) is 1. The van der Waals surface area contributed by atoms with Crippen molar-refractivity contribution >= 4 is 6.21 Å². The average Bonchev–Trinajstić information content (AvgIpc) is 1.67. The molecule has 0 spiro atoms. The largest absolute Gasteiger partial charge is 0.309 e. The summed E-state index contributed by atoms with van der Waals surface area (Å²) < 4.78 is 0. The maximum Gasteiger partial charge on any atom is 0.0177 e. The van der Waals surface area contributed by atoms with Crippen LogP contribution >= 0.6 is 0 Å². The Balaban J connectivity index is 3.78. The van der Waals surface area contributed by atoms with Gasteiger partial charge in [0.15, 0.2) is 0 Å². The summed E-state index contributed by atoms with van der Waals surface area (Å²) >= 11 is 0. The molecule has 46 valence electrons. The van der Waals surface area contributed by atoms with Crippen LogP contribution in [0, 0.1) is 11.3 Å². The Hall–Kier alpha value is -0.590. The summed E-state index contributed by atoms with van der Waals surface area (Å²) in [5.41, 5.74) is 1.26. The fourth-order valence-electron chi connectivity index (χ4n) is 0.324. The topological polar surface area (TPSA) is 23.9 Å². The molecule has 0 unspecified atom stereocenters. The molecule has 0 heterocycles. The van der Waals surface area contributed by atoms with E-state index in [1.807, 2.05) is 13.0 Å². The van der Waals surface area contributed by atoms with E-state index in [2.05, 4.69) is 13.8 Å². The van der Waals surface area contributed by atoms with Crippen LogP contribution in [-0.2, 0) is 0 Å². The van der Waals surface area contributed by atoms with Gasteiger partial charge in [0.05, 0.1) is 0 Å². The third kappa shape index (κ3) is 2.56. The van der Waals surface area contributed by atoms with Crippen molar-refractivity contribution in [2.75, 3.05) is 0 Å². The first-order chi connectivity index (χ1) is 3.68. The summed E-state index contributed by atoms with van der Waals surface area (Å²) in [6, 6.07) is 0. The lowest BCUT2D eigenvalue weighted by Crippen LogP contribution is -1.87. The number of rotatable bonds is 2. The Labute approximate surface area is 50.9 Å². The Kier molecular flexibility index (Phi) is 3.16. The normalized spacial score (nSPS) is 12.2. The smallest absolute Gasteiger partial charge is 0.0177 e. The van der Waals surface area contributed by atoms with E-state index < -0.39 is 0 Å². The second kappa shape index (κ2) is 3.42. The van der Waals surface area contributed by atoms with E-state index in [9.17, 15) is 0 Å². The van der Waals surface area contributed by atoms with Crippen LogP contribution < -0.4 is 0 Å². The van der Waals surface area contributed by atoms with Gasteiger partial charge in [0, 0.05) is 6.21 Å². The van der Waals surface area contributed by atoms with Crippen LogP contribution in [0.1, 0.15) is 20.8 Å². The molecule has 0 bridgehead atoms. The molecule has 0 aliphatic rings. The molecule has 0 aliphatic carbocycles. The van der Waals surface area contributed by atoms with Gasteiger partial charge in [-0.15, -0.1) is 0 Å². The monoisotopic (exact) mass is 111 g/mol. The fourth-order valence-corrected chi connectivity index (χ4v) is 0.324. The molecule has 0 atom stereocenters. The molecule has 0 rings (SSSR count). The Bertz CT molecular complexity index is 101. The summed E-state index contributed by atoms with van der Waals surface area (Å²) in [6.07, 6.45) is 3.15. The molecule has 1 heteroatoms. The lowest BCUT2D eigenvalue weighted by Gasteiger charge is -2.00. The SMILES string of the molecule is CC(=CC=N)C(C)C. The van der Waals surface area contributed by atoms with Crippen molar-refractivity contribution in [1.29, 1.82) is 5.41 Å². The van der Waals surface area contributed by atoms with Gasteiger partial charge in [-0.25, -0.2) is 0 Å². The molecule has 8 heavy (non-hydrogen) atoms. The Morgan fingerprint density at radius 1 is 1.50 bits per heavy atom. The van der Waals surface area contributed by atoms with Crippen LogP contribution in [0.2, 0.25) is 0 Å².